The van der Waals surface area contributed by atoms with Crippen LogP contribution >= 0.6 is 0 Å². The summed E-state index contributed by atoms with van der Waals surface area (Å²) in [5.41, 5.74) is 0.715. The summed E-state index contributed by atoms with van der Waals surface area (Å²) >= 11 is 0. The van der Waals surface area contributed by atoms with Crippen LogP contribution in [0.4, 0.5) is 32.0 Å². The van der Waals surface area contributed by atoms with Crippen molar-refractivity contribution in [3.63, 3.8) is 0 Å². The van der Waals surface area contributed by atoms with Gasteiger partial charge in [0, 0.05) is 30.7 Å². The topological polar surface area (TPSA) is 149 Å². The Bertz CT molecular complexity index is 1650. The summed E-state index contributed by atoms with van der Waals surface area (Å²) in [4.78, 5) is 31.6. The van der Waals surface area contributed by atoms with Gasteiger partial charge in [0.05, 0.1) is 35.0 Å². The quantitative estimate of drug-likeness (QED) is 0.183. The second-order valence-corrected chi connectivity index (χ2v) is 9.81. The molecule has 0 unspecified atom stereocenters. The Morgan fingerprint density at radius 2 is 1.74 bits per heavy atom. The molecule has 0 aliphatic rings. The molecule has 232 valence electrons. The molecule has 0 saturated carbocycles. The summed E-state index contributed by atoms with van der Waals surface area (Å²) in [7, 11) is 0. The molecule has 0 aliphatic heterocycles. The van der Waals surface area contributed by atoms with Crippen LogP contribution in [0.15, 0.2) is 52.6 Å². The lowest BCUT2D eigenvalue weighted by Gasteiger charge is -2.16. The van der Waals surface area contributed by atoms with Crippen molar-refractivity contribution in [2.75, 3.05) is 12.3 Å². The van der Waals surface area contributed by atoms with E-state index in [0.29, 0.717) is 36.8 Å². The molecule has 0 radical (unpaired) electrons. The van der Waals surface area contributed by atoms with Gasteiger partial charge >= 0.3 is 12.8 Å². The number of nitrogens with zero attached hydrogens (tertiary/aromatic N) is 4. The largest absolute Gasteiger partial charge is 0.423 e. The molecule has 0 fully saturated rings. The van der Waals surface area contributed by atoms with E-state index < -0.39 is 41.0 Å². The number of hydrogen-bond donors (Lipinski definition) is 3. The standard InChI is InChI=1S/C22H24F3N3O3.C5H4F3N3O/c1-22(2,30)15-12-26-19(27-13-15)17-10-14-6-8-28(20(29)16(14)11-18(17)23)7-4-3-5-9-31-21(24)25;6-5(7,8)3-2(9)1-10-11-4(3)12/h6,8,10-13,21,30H,3-5,7,9H2,1-2H3;1H,(H3,9,11,12). The van der Waals surface area contributed by atoms with Gasteiger partial charge in [0.15, 0.2) is 5.82 Å². The van der Waals surface area contributed by atoms with Gasteiger partial charge in [-0.15, -0.1) is 0 Å². The molecule has 0 atom stereocenters. The van der Waals surface area contributed by atoms with E-state index in [4.69, 9.17) is 5.73 Å². The van der Waals surface area contributed by atoms with Gasteiger partial charge < -0.3 is 20.1 Å². The van der Waals surface area contributed by atoms with Crippen LogP contribution in [0.2, 0.25) is 0 Å². The molecular formula is C27H28F6N6O4. The Balaban J connectivity index is 0.000000353. The number of alkyl halides is 5. The van der Waals surface area contributed by atoms with Gasteiger partial charge in [-0.2, -0.15) is 27.1 Å². The summed E-state index contributed by atoms with van der Waals surface area (Å²) in [6.45, 7) is 0.799. The van der Waals surface area contributed by atoms with Gasteiger partial charge in [-0.3, -0.25) is 9.59 Å². The lowest BCUT2D eigenvalue weighted by Crippen LogP contribution is -2.24. The highest BCUT2D eigenvalue weighted by Crippen LogP contribution is 2.29. The van der Waals surface area contributed by atoms with Crippen LogP contribution in [0.25, 0.3) is 22.2 Å². The first kappa shape index (κ1) is 33.2. The number of anilines is 1. The van der Waals surface area contributed by atoms with Crippen molar-refractivity contribution >= 4 is 16.5 Å². The highest BCUT2D eigenvalue weighted by atomic mass is 19.4. The summed E-state index contributed by atoms with van der Waals surface area (Å²) in [6.07, 6.45) is 2.22. The Morgan fingerprint density at radius 1 is 1.07 bits per heavy atom. The number of H-pyrrole nitrogens is 1. The second-order valence-electron chi connectivity index (χ2n) is 9.81. The zero-order chi connectivity index (χ0) is 31.9. The third-order valence-electron chi connectivity index (χ3n) is 6.12. The Labute approximate surface area is 240 Å². The predicted molar refractivity (Wildman–Crippen MR) is 145 cm³/mol. The number of halogens is 6. The third kappa shape index (κ3) is 8.84. The zero-order valence-corrected chi connectivity index (χ0v) is 23.0. The number of nitrogens with one attached hydrogen (secondary N) is 1. The number of nitrogen functional groups attached to an aromatic ring is 1. The molecule has 3 heterocycles. The average Bonchev–Trinajstić information content (AvgIpc) is 2.91. The van der Waals surface area contributed by atoms with E-state index in [1.165, 1.54) is 29.1 Å². The first-order valence-corrected chi connectivity index (χ1v) is 12.8. The number of unbranched alkanes of at least 4 members (excludes halogenated alkanes) is 2. The monoisotopic (exact) mass is 614 g/mol. The van der Waals surface area contributed by atoms with Crippen LogP contribution < -0.4 is 16.9 Å². The minimum atomic E-state index is -4.74. The first-order valence-electron chi connectivity index (χ1n) is 12.8. The number of ether oxygens (including phenoxy) is 1. The van der Waals surface area contributed by atoms with Crippen molar-refractivity contribution in [1.82, 2.24) is 24.7 Å². The number of fused-ring (bicyclic) bond motifs is 1. The molecule has 4 rings (SSSR count). The van der Waals surface area contributed by atoms with Crippen molar-refractivity contribution in [2.45, 2.75) is 58.0 Å². The number of hydrogen-bond acceptors (Lipinski definition) is 8. The summed E-state index contributed by atoms with van der Waals surface area (Å²) < 4.78 is 80.2. The number of aliphatic hydroxyl groups is 1. The fraction of sp³-hybridized carbons (Fsp3) is 0.370. The van der Waals surface area contributed by atoms with Crippen LogP contribution in [0.5, 0.6) is 0 Å². The molecule has 0 saturated heterocycles. The van der Waals surface area contributed by atoms with Crippen molar-refractivity contribution in [2.24, 2.45) is 0 Å². The number of nitrogens with two attached hydrogens (primary N) is 1. The number of aromatic nitrogens is 5. The lowest BCUT2D eigenvalue weighted by molar-refractivity contribution is -0.138. The van der Waals surface area contributed by atoms with Crippen molar-refractivity contribution in [1.29, 1.82) is 0 Å². The fourth-order valence-electron chi connectivity index (χ4n) is 3.87. The van der Waals surface area contributed by atoms with Crippen molar-refractivity contribution in [3.05, 3.63) is 80.6 Å². The van der Waals surface area contributed by atoms with E-state index in [9.17, 15) is 41.0 Å². The zero-order valence-electron chi connectivity index (χ0n) is 23.0. The molecule has 0 bridgehead atoms. The van der Waals surface area contributed by atoms with Gasteiger partial charge in [-0.1, -0.05) is 0 Å². The normalized spacial score (nSPS) is 12.0. The van der Waals surface area contributed by atoms with E-state index in [1.807, 2.05) is 0 Å². The van der Waals surface area contributed by atoms with E-state index in [0.717, 1.165) is 6.20 Å². The SMILES string of the molecule is CC(C)(O)c1cnc(-c2cc3ccn(CCCCCOC(F)F)c(=O)c3cc2F)nc1.Nc1cn[nH]c(=O)c1C(F)(F)F. The van der Waals surface area contributed by atoms with Crippen LogP contribution in [-0.2, 0) is 23.1 Å². The first-order chi connectivity index (χ1) is 20.1. The van der Waals surface area contributed by atoms with Crippen molar-refractivity contribution in [3.8, 4) is 11.4 Å². The van der Waals surface area contributed by atoms with Crippen molar-refractivity contribution < 1.29 is 36.2 Å². The van der Waals surface area contributed by atoms with Crippen LogP contribution in [0.1, 0.15) is 44.2 Å². The van der Waals surface area contributed by atoms with Crippen LogP contribution in [0, 0.1) is 5.82 Å². The smallest absolute Gasteiger partial charge is 0.397 e. The number of benzene rings is 1. The fourth-order valence-corrected chi connectivity index (χ4v) is 3.87. The average molecular weight is 615 g/mol. The molecule has 10 nitrogen and oxygen atoms in total. The molecule has 4 aromatic rings. The summed E-state index contributed by atoms with van der Waals surface area (Å²) in [5, 5.41) is 15.5. The molecule has 3 aromatic heterocycles. The van der Waals surface area contributed by atoms with E-state index >= 15 is 0 Å². The second kappa shape index (κ2) is 13.8. The van der Waals surface area contributed by atoms with E-state index in [2.05, 4.69) is 19.8 Å². The summed E-state index contributed by atoms with van der Waals surface area (Å²) in [5.74, 6) is -0.467. The molecule has 0 aliphatic carbocycles. The minimum absolute atomic E-state index is 0.0306. The van der Waals surface area contributed by atoms with Crippen LogP contribution in [0.3, 0.4) is 0 Å². The van der Waals surface area contributed by atoms with Gasteiger partial charge in [0.25, 0.3) is 11.1 Å². The molecule has 43 heavy (non-hydrogen) atoms. The molecule has 16 heteroatoms. The van der Waals surface area contributed by atoms with Crippen LogP contribution in [-0.4, -0.2) is 43.1 Å². The molecule has 1 aromatic carbocycles. The molecule has 4 N–H and O–H groups in total. The Kier molecular flexibility index (Phi) is 10.6. The molecule has 0 spiro atoms. The Morgan fingerprint density at radius 3 is 2.30 bits per heavy atom. The predicted octanol–water partition coefficient (Wildman–Crippen LogP) is 4.61. The maximum Gasteiger partial charge on any atom is 0.423 e. The Hall–Kier alpha value is -4.31. The van der Waals surface area contributed by atoms with E-state index in [-0.39, 0.29) is 28.9 Å². The minimum Gasteiger partial charge on any atom is -0.397 e. The number of pyridine rings is 1. The van der Waals surface area contributed by atoms with E-state index in [1.54, 1.807) is 31.2 Å². The molecule has 0 amide bonds. The lowest BCUT2D eigenvalue weighted by atomic mass is 10.0. The van der Waals surface area contributed by atoms with Gasteiger partial charge in [0.2, 0.25) is 0 Å². The number of rotatable bonds is 9. The highest BCUT2D eigenvalue weighted by molar-refractivity contribution is 5.85. The number of aromatic amines is 1. The molecular weight excluding hydrogens is 586 g/mol. The maximum atomic E-state index is 14.8. The third-order valence-corrected chi connectivity index (χ3v) is 6.12. The summed E-state index contributed by atoms with van der Waals surface area (Å²) in [6, 6.07) is 4.41. The van der Waals surface area contributed by atoms with Gasteiger partial charge in [-0.05, 0) is 56.7 Å². The maximum absolute atomic E-state index is 14.8. The van der Waals surface area contributed by atoms with Gasteiger partial charge in [-0.25, -0.2) is 19.5 Å². The number of aryl methyl sites for hydroxylation is 1. The van der Waals surface area contributed by atoms with Gasteiger partial charge in [0.1, 0.15) is 11.4 Å². The highest BCUT2D eigenvalue weighted by Gasteiger charge is 2.36.